The standard InChI is InChI=1S/C15H11FN2O2S/c16-11-4-2-6-13(8-11)21-9-14-17-15(20-18-14)10-3-1-5-12(19)7-10/h1-8,19H,9H2. The molecule has 1 N–H and O–H groups in total. The van der Waals surface area contributed by atoms with Crippen LogP contribution in [-0.2, 0) is 5.75 Å². The topological polar surface area (TPSA) is 59.2 Å². The first-order valence-electron chi connectivity index (χ1n) is 6.21. The molecule has 2 aromatic carbocycles. The molecule has 3 aromatic rings. The van der Waals surface area contributed by atoms with E-state index < -0.39 is 0 Å². The number of nitrogens with zero attached hydrogens (tertiary/aromatic N) is 2. The summed E-state index contributed by atoms with van der Waals surface area (Å²) in [5, 5.41) is 13.3. The van der Waals surface area contributed by atoms with Crippen molar-refractivity contribution < 1.29 is 14.0 Å². The van der Waals surface area contributed by atoms with Crippen molar-refractivity contribution in [3.05, 3.63) is 60.2 Å². The lowest BCUT2D eigenvalue weighted by atomic mass is 10.2. The van der Waals surface area contributed by atoms with Crippen LogP contribution in [0.2, 0.25) is 0 Å². The lowest BCUT2D eigenvalue weighted by Gasteiger charge is -1.97. The first kappa shape index (κ1) is 13.6. The molecule has 0 unspecified atom stereocenters. The van der Waals surface area contributed by atoms with Crippen molar-refractivity contribution in [2.45, 2.75) is 10.6 Å². The molecule has 6 heteroatoms. The Balaban J connectivity index is 1.71. The van der Waals surface area contributed by atoms with Crippen molar-refractivity contribution in [2.75, 3.05) is 0 Å². The number of halogens is 1. The van der Waals surface area contributed by atoms with Crippen LogP contribution in [0, 0.1) is 5.82 Å². The summed E-state index contributed by atoms with van der Waals surface area (Å²) in [6, 6.07) is 12.9. The van der Waals surface area contributed by atoms with Crippen LogP contribution in [0.25, 0.3) is 11.5 Å². The van der Waals surface area contributed by atoms with Gasteiger partial charge in [0.2, 0.25) is 0 Å². The van der Waals surface area contributed by atoms with Gasteiger partial charge < -0.3 is 9.63 Å². The molecule has 0 aliphatic heterocycles. The predicted molar refractivity (Wildman–Crippen MR) is 77.4 cm³/mol. The molecule has 0 aliphatic carbocycles. The van der Waals surface area contributed by atoms with Crippen LogP contribution >= 0.6 is 11.8 Å². The van der Waals surface area contributed by atoms with E-state index in [1.165, 1.54) is 23.9 Å². The molecule has 1 aromatic heterocycles. The number of aromatic hydroxyl groups is 1. The van der Waals surface area contributed by atoms with Gasteiger partial charge in [0.1, 0.15) is 11.6 Å². The molecule has 0 bridgehead atoms. The Kier molecular flexibility index (Phi) is 3.87. The van der Waals surface area contributed by atoms with Gasteiger partial charge in [-0.2, -0.15) is 4.98 Å². The van der Waals surface area contributed by atoms with Crippen molar-refractivity contribution in [2.24, 2.45) is 0 Å². The summed E-state index contributed by atoms with van der Waals surface area (Å²) in [5.74, 6) is 1.21. The highest BCUT2D eigenvalue weighted by atomic mass is 32.2. The smallest absolute Gasteiger partial charge is 0.258 e. The Hall–Kier alpha value is -2.34. The average Bonchev–Trinajstić information content (AvgIpc) is 2.94. The highest BCUT2D eigenvalue weighted by Gasteiger charge is 2.09. The maximum absolute atomic E-state index is 13.1. The minimum Gasteiger partial charge on any atom is -0.508 e. The summed E-state index contributed by atoms with van der Waals surface area (Å²) >= 11 is 1.42. The van der Waals surface area contributed by atoms with Gasteiger partial charge in [-0.25, -0.2) is 4.39 Å². The molecule has 0 saturated carbocycles. The zero-order valence-corrected chi connectivity index (χ0v) is 11.7. The molecule has 0 fully saturated rings. The van der Waals surface area contributed by atoms with Crippen molar-refractivity contribution in [1.82, 2.24) is 10.1 Å². The number of hydrogen-bond acceptors (Lipinski definition) is 5. The molecule has 0 amide bonds. The van der Waals surface area contributed by atoms with Gasteiger partial charge in [0.15, 0.2) is 5.82 Å². The maximum Gasteiger partial charge on any atom is 0.258 e. The molecule has 1 heterocycles. The Morgan fingerprint density at radius 2 is 2.00 bits per heavy atom. The van der Waals surface area contributed by atoms with Gasteiger partial charge in [-0.3, -0.25) is 0 Å². The molecule has 0 atom stereocenters. The molecular weight excluding hydrogens is 291 g/mol. The molecule has 106 valence electrons. The molecule has 0 aliphatic rings. The zero-order chi connectivity index (χ0) is 14.7. The van der Waals surface area contributed by atoms with E-state index in [1.807, 2.05) is 6.07 Å². The third-order valence-corrected chi connectivity index (χ3v) is 3.72. The molecule has 0 saturated heterocycles. The largest absolute Gasteiger partial charge is 0.508 e. The van der Waals surface area contributed by atoms with Crippen LogP contribution < -0.4 is 0 Å². The Morgan fingerprint density at radius 3 is 2.81 bits per heavy atom. The molecule has 0 radical (unpaired) electrons. The van der Waals surface area contributed by atoms with E-state index >= 15 is 0 Å². The Labute approximate surface area is 124 Å². The summed E-state index contributed by atoms with van der Waals surface area (Å²) in [4.78, 5) is 5.06. The second-order valence-electron chi connectivity index (χ2n) is 4.31. The first-order chi connectivity index (χ1) is 10.2. The highest BCUT2D eigenvalue weighted by Crippen LogP contribution is 2.25. The van der Waals surface area contributed by atoms with Crippen LogP contribution in [0.5, 0.6) is 5.75 Å². The number of phenols is 1. The minimum atomic E-state index is -0.270. The first-order valence-corrected chi connectivity index (χ1v) is 7.19. The van der Waals surface area contributed by atoms with Gasteiger partial charge in [-0.1, -0.05) is 17.3 Å². The van der Waals surface area contributed by atoms with E-state index in [2.05, 4.69) is 10.1 Å². The van der Waals surface area contributed by atoms with Crippen molar-refractivity contribution >= 4 is 11.8 Å². The number of thioether (sulfide) groups is 1. The summed E-state index contributed by atoms with van der Waals surface area (Å²) in [6.45, 7) is 0. The molecule has 21 heavy (non-hydrogen) atoms. The van der Waals surface area contributed by atoms with Crippen molar-refractivity contribution in [1.29, 1.82) is 0 Å². The summed E-state index contributed by atoms with van der Waals surface area (Å²) < 4.78 is 18.2. The zero-order valence-electron chi connectivity index (χ0n) is 10.9. The van der Waals surface area contributed by atoms with Gasteiger partial charge in [0.25, 0.3) is 5.89 Å². The summed E-state index contributed by atoms with van der Waals surface area (Å²) in [7, 11) is 0. The third-order valence-electron chi connectivity index (χ3n) is 2.73. The van der Waals surface area contributed by atoms with Crippen LogP contribution in [0.3, 0.4) is 0 Å². The number of benzene rings is 2. The van der Waals surface area contributed by atoms with Gasteiger partial charge in [0, 0.05) is 10.5 Å². The fourth-order valence-electron chi connectivity index (χ4n) is 1.77. The van der Waals surface area contributed by atoms with E-state index in [-0.39, 0.29) is 11.6 Å². The molecular formula is C15H11FN2O2S. The van der Waals surface area contributed by atoms with E-state index in [4.69, 9.17) is 4.52 Å². The van der Waals surface area contributed by atoms with Crippen LogP contribution in [0.15, 0.2) is 57.9 Å². The van der Waals surface area contributed by atoms with E-state index in [0.29, 0.717) is 23.0 Å². The van der Waals surface area contributed by atoms with Crippen LogP contribution in [-0.4, -0.2) is 15.2 Å². The fraction of sp³-hybridized carbons (Fsp3) is 0.0667. The monoisotopic (exact) mass is 302 g/mol. The number of aromatic nitrogens is 2. The summed E-state index contributed by atoms with van der Waals surface area (Å²) in [6.07, 6.45) is 0. The van der Waals surface area contributed by atoms with Gasteiger partial charge in [-0.05, 0) is 36.4 Å². The lowest BCUT2D eigenvalue weighted by molar-refractivity contribution is 0.424. The normalized spacial score (nSPS) is 10.7. The van der Waals surface area contributed by atoms with Crippen LogP contribution in [0.4, 0.5) is 4.39 Å². The minimum absolute atomic E-state index is 0.140. The van der Waals surface area contributed by atoms with Crippen molar-refractivity contribution in [3.63, 3.8) is 0 Å². The quantitative estimate of drug-likeness (QED) is 0.741. The lowest BCUT2D eigenvalue weighted by Crippen LogP contribution is -1.85. The number of hydrogen-bond donors (Lipinski definition) is 1. The maximum atomic E-state index is 13.1. The van der Waals surface area contributed by atoms with E-state index in [1.54, 1.807) is 30.3 Å². The second-order valence-corrected chi connectivity index (χ2v) is 5.36. The van der Waals surface area contributed by atoms with E-state index in [9.17, 15) is 9.50 Å². The predicted octanol–water partition coefficient (Wildman–Crippen LogP) is 3.87. The van der Waals surface area contributed by atoms with Gasteiger partial charge in [0.05, 0.1) is 5.75 Å². The van der Waals surface area contributed by atoms with Crippen molar-refractivity contribution in [3.8, 4) is 17.2 Å². The second kappa shape index (κ2) is 5.97. The Morgan fingerprint density at radius 1 is 1.14 bits per heavy atom. The van der Waals surface area contributed by atoms with Gasteiger partial charge >= 0.3 is 0 Å². The Bertz CT molecular complexity index is 761. The summed E-state index contributed by atoms with van der Waals surface area (Å²) in [5.41, 5.74) is 0.657. The third kappa shape index (κ3) is 3.41. The SMILES string of the molecule is Oc1cccc(-c2nc(CSc3cccc(F)c3)no2)c1. The highest BCUT2D eigenvalue weighted by molar-refractivity contribution is 7.98. The van der Waals surface area contributed by atoms with Crippen LogP contribution in [0.1, 0.15) is 5.82 Å². The van der Waals surface area contributed by atoms with Gasteiger partial charge in [-0.15, -0.1) is 11.8 Å². The number of phenolic OH excluding ortho intramolecular Hbond substituents is 1. The van der Waals surface area contributed by atoms with E-state index in [0.717, 1.165) is 4.90 Å². The number of rotatable bonds is 4. The average molecular weight is 302 g/mol. The molecule has 0 spiro atoms. The molecule has 3 rings (SSSR count). The molecule has 4 nitrogen and oxygen atoms in total. The fourth-order valence-corrected chi connectivity index (χ4v) is 2.56.